The van der Waals surface area contributed by atoms with Crippen LogP contribution in [-0.2, 0) is 16.6 Å². The Morgan fingerprint density at radius 2 is 1.73 bits per heavy atom. The summed E-state index contributed by atoms with van der Waals surface area (Å²) < 4.78 is 31.6. The number of methoxy groups -OCH3 is 1. The van der Waals surface area contributed by atoms with E-state index in [1.165, 1.54) is 4.31 Å². The Bertz CT molecular complexity index is 685. The standard InChI is InChI=1S/C16H20N2O3S/c1-3-12-22(19,20)18(15-8-10-17-11-9-15)13-14-4-6-16(21-2)7-5-14/h4-11H,3,12-13H2,1-2H3. The summed E-state index contributed by atoms with van der Waals surface area (Å²) in [4.78, 5) is 3.95. The number of hydrogen-bond donors (Lipinski definition) is 0. The first-order valence-corrected chi connectivity index (χ1v) is 8.71. The first-order chi connectivity index (χ1) is 10.6. The molecule has 2 rings (SSSR count). The molecule has 0 saturated heterocycles. The normalized spacial score (nSPS) is 11.2. The van der Waals surface area contributed by atoms with Crippen molar-refractivity contribution < 1.29 is 13.2 Å². The summed E-state index contributed by atoms with van der Waals surface area (Å²) in [6.45, 7) is 2.14. The molecule has 0 N–H and O–H groups in total. The molecular weight excluding hydrogens is 300 g/mol. The second-order valence-electron chi connectivity index (χ2n) is 4.88. The van der Waals surface area contributed by atoms with Crippen LogP contribution in [0.15, 0.2) is 48.8 Å². The smallest absolute Gasteiger partial charge is 0.235 e. The first kappa shape index (κ1) is 16.3. The summed E-state index contributed by atoms with van der Waals surface area (Å²) in [7, 11) is -1.76. The van der Waals surface area contributed by atoms with Crippen LogP contribution in [-0.4, -0.2) is 26.3 Å². The lowest BCUT2D eigenvalue weighted by Gasteiger charge is -2.24. The van der Waals surface area contributed by atoms with Gasteiger partial charge in [0.05, 0.1) is 25.1 Å². The predicted molar refractivity (Wildman–Crippen MR) is 87.5 cm³/mol. The molecular formula is C16H20N2O3S. The maximum Gasteiger partial charge on any atom is 0.235 e. The second kappa shape index (κ2) is 7.26. The Balaban J connectivity index is 2.32. The predicted octanol–water partition coefficient (Wildman–Crippen LogP) is 2.84. The number of ether oxygens (including phenoxy) is 1. The van der Waals surface area contributed by atoms with E-state index < -0.39 is 10.0 Å². The largest absolute Gasteiger partial charge is 0.497 e. The van der Waals surface area contributed by atoms with Crippen molar-refractivity contribution in [1.82, 2.24) is 4.98 Å². The van der Waals surface area contributed by atoms with Crippen LogP contribution in [0.25, 0.3) is 0 Å². The zero-order valence-corrected chi connectivity index (χ0v) is 13.6. The van der Waals surface area contributed by atoms with E-state index in [4.69, 9.17) is 4.74 Å². The molecule has 22 heavy (non-hydrogen) atoms. The summed E-state index contributed by atoms with van der Waals surface area (Å²) in [6.07, 6.45) is 3.77. The van der Waals surface area contributed by atoms with E-state index in [-0.39, 0.29) is 12.3 Å². The lowest BCUT2D eigenvalue weighted by molar-refractivity contribution is 0.414. The zero-order chi connectivity index (χ0) is 16.0. The van der Waals surface area contributed by atoms with Gasteiger partial charge in [0.2, 0.25) is 10.0 Å². The van der Waals surface area contributed by atoms with E-state index in [9.17, 15) is 8.42 Å². The third-order valence-electron chi connectivity index (χ3n) is 3.23. The van der Waals surface area contributed by atoms with Crippen molar-refractivity contribution in [2.75, 3.05) is 17.2 Å². The van der Waals surface area contributed by atoms with Crippen molar-refractivity contribution in [3.05, 3.63) is 54.4 Å². The van der Waals surface area contributed by atoms with Gasteiger partial charge in [-0.05, 0) is 36.2 Å². The Morgan fingerprint density at radius 1 is 1.09 bits per heavy atom. The van der Waals surface area contributed by atoms with Crippen molar-refractivity contribution >= 4 is 15.7 Å². The average molecular weight is 320 g/mol. The molecule has 0 fully saturated rings. The van der Waals surface area contributed by atoms with Gasteiger partial charge in [-0.25, -0.2) is 8.42 Å². The Kier molecular flexibility index (Phi) is 5.38. The van der Waals surface area contributed by atoms with Crippen LogP contribution in [0.4, 0.5) is 5.69 Å². The number of sulfonamides is 1. The van der Waals surface area contributed by atoms with Crippen LogP contribution >= 0.6 is 0 Å². The van der Waals surface area contributed by atoms with Crippen LogP contribution in [0, 0.1) is 0 Å². The third kappa shape index (κ3) is 3.98. The molecule has 0 aliphatic carbocycles. The highest BCUT2D eigenvalue weighted by Crippen LogP contribution is 2.22. The van der Waals surface area contributed by atoms with Crippen molar-refractivity contribution in [2.45, 2.75) is 19.9 Å². The molecule has 5 nitrogen and oxygen atoms in total. The number of rotatable bonds is 7. The fourth-order valence-electron chi connectivity index (χ4n) is 2.13. The first-order valence-electron chi connectivity index (χ1n) is 7.10. The van der Waals surface area contributed by atoms with Crippen molar-refractivity contribution in [3.8, 4) is 5.75 Å². The van der Waals surface area contributed by atoms with Gasteiger partial charge < -0.3 is 4.74 Å². The molecule has 0 bridgehead atoms. The van der Waals surface area contributed by atoms with E-state index in [0.29, 0.717) is 12.1 Å². The average Bonchev–Trinajstić information content (AvgIpc) is 2.54. The molecule has 1 heterocycles. The molecule has 0 spiro atoms. The molecule has 0 radical (unpaired) electrons. The quantitative estimate of drug-likeness (QED) is 0.787. The molecule has 0 amide bonds. The molecule has 1 aromatic carbocycles. The van der Waals surface area contributed by atoms with Crippen molar-refractivity contribution in [1.29, 1.82) is 0 Å². The van der Waals surface area contributed by atoms with Gasteiger partial charge in [0.15, 0.2) is 0 Å². The minimum atomic E-state index is -3.37. The minimum Gasteiger partial charge on any atom is -0.497 e. The van der Waals surface area contributed by atoms with Crippen LogP contribution in [0.5, 0.6) is 5.75 Å². The van der Waals surface area contributed by atoms with Gasteiger partial charge >= 0.3 is 0 Å². The van der Waals surface area contributed by atoms with E-state index in [1.807, 2.05) is 31.2 Å². The summed E-state index contributed by atoms with van der Waals surface area (Å²) in [5, 5.41) is 0. The van der Waals surface area contributed by atoms with Crippen molar-refractivity contribution in [2.24, 2.45) is 0 Å². The summed E-state index contributed by atoms with van der Waals surface area (Å²) >= 11 is 0. The number of hydrogen-bond acceptors (Lipinski definition) is 4. The van der Waals surface area contributed by atoms with Gasteiger partial charge in [-0.2, -0.15) is 0 Å². The molecule has 6 heteroatoms. The highest BCUT2D eigenvalue weighted by molar-refractivity contribution is 7.92. The Labute approximate surface area is 131 Å². The fourth-order valence-corrected chi connectivity index (χ4v) is 3.65. The van der Waals surface area contributed by atoms with Gasteiger partial charge in [-0.3, -0.25) is 9.29 Å². The zero-order valence-electron chi connectivity index (χ0n) is 12.8. The Hall–Kier alpha value is -2.08. The highest BCUT2D eigenvalue weighted by Gasteiger charge is 2.21. The number of aromatic nitrogens is 1. The molecule has 2 aromatic rings. The second-order valence-corrected chi connectivity index (χ2v) is 6.89. The minimum absolute atomic E-state index is 0.117. The lowest BCUT2D eigenvalue weighted by atomic mass is 10.2. The van der Waals surface area contributed by atoms with Crippen LogP contribution in [0.2, 0.25) is 0 Å². The fraction of sp³-hybridized carbons (Fsp3) is 0.312. The van der Waals surface area contributed by atoms with Crippen LogP contribution in [0.3, 0.4) is 0 Å². The SMILES string of the molecule is CCCS(=O)(=O)N(Cc1ccc(OC)cc1)c1ccncc1. The molecule has 0 aliphatic heterocycles. The number of nitrogens with zero attached hydrogens (tertiary/aromatic N) is 2. The molecule has 0 aliphatic rings. The summed E-state index contributed by atoms with van der Waals surface area (Å²) in [6, 6.07) is 10.8. The van der Waals surface area contributed by atoms with Gasteiger partial charge in [0.25, 0.3) is 0 Å². The lowest BCUT2D eigenvalue weighted by Crippen LogP contribution is -2.32. The van der Waals surface area contributed by atoms with Crippen LogP contribution in [0.1, 0.15) is 18.9 Å². The Morgan fingerprint density at radius 3 is 2.27 bits per heavy atom. The van der Waals surface area contributed by atoms with Gasteiger partial charge in [-0.15, -0.1) is 0 Å². The van der Waals surface area contributed by atoms with Gasteiger partial charge in [0.1, 0.15) is 5.75 Å². The highest BCUT2D eigenvalue weighted by atomic mass is 32.2. The maximum absolute atomic E-state index is 12.5. The third-order valence-corrected chi connectivity index (χ3v) is 5.17. The number of benzene rings is 1. The topological polar surface area (TPSA) is 59.5 Å². The molecule has 1 aromatic heterocycles. The van der Waals surface area contributed by atoms with Gasteiger partial charge in [-0.1, -0.05) is 19.1 Å². The van der Waals surface area contributed by atoms with E-state index in [0.717, 1.165) is 11.3 Å². The van der Waals surface area contributed by atoms with E-state index in [2.05, 4.69) is 4.98 Å². The van der Waals surface area contributed by atoms with E-state index in [1.54, 1.807) is 31.6 Å². The van der Waals surface area contributed by atoms with Crippen LogP contribution < -0.4 is 9.04 Å². The monoisotopic (exact) mass is 320 g/mol. The summed E-state index contributed by atoms with van der Waals surface area (Å²) in [5.41, 5.74) is 1.52. The van der Waals surface area contributed by atoms with Crippen molar-refractivity contribution in [3.63, 3.8) is 0 Å². The van der Waals surface area contributed by atoms with E-state index >= 15 is 0 Å². The molecule has 0 unspecified atom stereocenters. The molecule has 118 valence electrons. The maximum atomic E-state index is 12.5. The number of pyridine rings is 1. The molecule has 0 saturated carbocycles. The summed E-state index contributed by atoms with van der Waals surface area (Å²) in [5.74, 6) is 0.862. The number of anilines is 1. The molecule has 0 atom stereocenters. The van der Waals surface area contributed by atoms with Gasteiger partial charge in [0, 0.05) is 12.4 Å².